The van der Waals surface area contributed by atoms with Crippen LogP contribution in [0.2, 0.25) is 0 Å². The van der Waals surface area contributed by atoms with Crippen molar-refractivity contribution in [2.75, 3.05) is 18.0 Å². The van der Waals surface area contributed by atoms with Crippen LogP contribution in [0.15, 0.2) is 53.6 Å². The topological polar surface area (TPSA) is 93.5 Å². The van der Waals surface area contributed by atoms with Gasteiger partial charge in [-0.1, -0.05) is 31.2 Å². The van der Waals surface area contributed by atoms with Crippen molar-refractivity contribution in [3.63, 3.8) is 0 Å². The quantitative estimate of drug-likeness (QED) is 0.600. The van der Waals surface area contributed by atoms with Gasteiger partial charge in [-0.3, -0.25) is 19.0 Å². The van der Waals surface area contributed by atoms with E-state index < -0.39 is 6.10 Å². The third-order valence-corrected chi connectivity index (χ3v) is 5.76. The number of nitrogens with one attached hydrogen (secondary N) is 1. The van der Waals surface area contributed by atoms with Crippen molar-refractivity contribution in [1.29, 1.82) is 0 Å². The zero-order valence-electron chi connectivity index (χ0n) is 18.9. The number of fused-ring (bicyclic) bond motifs is 2. The van der Waals surface area contributed by atoms with Gasteiger partial charge in [-0.25, -0.2) is 4.98 Å². The molecule has 1 unspecified atom stereocenters. The number of hydrogen-bond donors (Lipinski definition) is 1. The van der Waals surface area contributed by atoms with Crippen LogP contribution in [0.25, 0.3) is 10.9 Å². The summed E-state index contributed by atoms with van der Waals surface area (Å²) >= 11 is 0. The van der Waals surface area contributed by atoms with E-state index in [-0.39, 0.29) is 30.3 Å². The van der Waals surface area contributed by atoms with Gasteiger partial charge >= 0.3 is 0 Å². The first kappa shape index (κ1) is 22.5. The van der Waals surface area contributed by atoms with Crippen molar-refractivity contribution in [2.45, 2.75) is 45.8 Å². The lowest BCUT2D eigenvalue weighted by Crippen LogP contribution is -2.50. The van der Waals surface area contributed by atoms with Crippen molar-refractivity contribution < 1.29 is 14.3 Å². The van der Waals surface area contributed by atoms with Gasteiger partial charge in [0.15, 0.2) is 6.10 Å². The summed E-state index contributed by atoms with van der Waals surface area (Å²) in [6.45, 7) is 5.00. The first-order chi connectivity index (χ1) is 16.0. The Bertz CT molecular complexity index is 1240. The Morgan fingerprint density at radius 3 is 2.82 bits per heavy atom. The highest BCUT2D eigenvalue weighted by molar-refractivity contribution is 5.97. The molecule has 172 valence electrons. The number of carbonyl (C=O) groups is 2. The van der Waals surface area contributed by atoms with Crippen LogP contribution in [-0.4, -0.2) is 40.6 Å². The molecule has 8 nitrogen and oxygen atoms in total. The van der Waals surface area contributed by atoms with Gasteiger partial charge in [0.05, 0.1) is 29.5 Å². The molecule has 1 aliphatic heterocycles. The maximum atomic E-state index is 13.1. The van der Waals surface area contributed by atoms with Gasteiger partial charge in [-0.2, -0.15) is 0 Å². The minimum Gasteiger partial charge on any atom is -0.477 e. The predicted octanol–water partition coefficient (Wildman–Crippen LogP) is 2.81. The molecular formula is C25H28N4O4. The lowest BCUT2D eigenvalue weighted by molar-refractivity contribution is -0.128. The summed E-state index contributed by atoms with van der Waals surface area (Å²) in [4.78, 5) is 44.4. The van der Waals surface area contributed by atoms with Gasteiger partial charge in [0.25, 0.3) is 11.5 Å². The number of anilines is 1. The van der Waals surface area contributed by atoms with Crippen molar-refractivity contribution in [3.05, 3.63) is 64.7 Å². The van der Waals surface area contributed by atoms with Gasteiger partial charge in [0.1, 0.15) is 5.75 Å². The first-order valence-corrected chi connectivity index (χ1v) is 11.3. The first-order valence-electron chi connectivity index (χ1n) is 11.3. The van der Waals surface area contributed by atoms with Crippen LogP contribution in [0, 0.1) is 6.92 Å². The van der Waals surface area contributed by atoms with Crippen LogP contribution < -0.4 is 20.5 Å². The summed E-state index contributed by atoms with van der Waals surface area (Å²) in [5.74, 6) is 0.170. The number of aromatic nitrogens is 2. The highest BCUT2D eigenvalue weighted by Gasteiger charge is 2.33. The molecule has 33 heavy (non-hydrogen) atoms. The number of rotatable bonds is 7. The summed E-state index contributed by atoms with van der Waals surface area (Å²) in [6.07, 6.45) is 2.31. The fraction of sp³-hybridized carbons (Fsp3) is 0.360. The average molecular weight is 449 g/mol. The Kier molecular flexibility index (Phi) is 6.72. The molecule has 0 fully saturated rings. The fourth-order valence-corrected chi connectivity index (χ4v) is 4.00. The van der Waals surface area contributed by atoms with Gasteiger partial charge in [0.2, 0.25) is 5.91 Å². The second kappa shape index (κ2) is 9.85. The SMILES string of the molecule is CCCNC(=O)C1CN(C(=O)CCCn2cnc3c(C)cccc3c2=O)c2ccccc2O1. The summed E-state index contributed by atoms with van der Waals surface area (Å²) in [5, 5.41) is 3.41. The van der Waals surface area contributed by atoms with E-state index in [9.17, 15) is 14.4 Å². The van der Waals surface area contributed by atoms with Crippen LogP contribution in [0.5, 0.6) is 5.75 Å². The number of para-hydroxylation sites is 3. The standard InChI is InChI=1S/C25H28N4O4/c1-3-13-26-24(31)21-15-29(19-10-4-5-11-20(19)33-21)22(30)12-7-14-28-16-27-23-17(2)8-6-9-18(23)25(28)32/h4-6,8-11,16,21H,3,7,12-15H2,1-2H3,(H,26,31). The Morgan fingerprint density at radius 1 is 1.18 bits per heavy atom. The number of ether oxygens (including phenoxy) is 1. The van der Waals surface area contributed by atoms with Gasteiger partial charge < -0.3 is 15.0 Å². The molecule has 1 atom stereocenters. The highest BCUT2D eigenvalue weighted by Crippen LogP contribution is 2.33. The molecule has 0 aliphatic carbocycles. The molecule has 4 rings (SSSR count). The van der Waals surface area contributed by atoms with Crippen molar-refractivity contribution >= 4 is 28.4 Å². The molecule has 2 amide bonds. The number of aryl methyl sites for hydroxylation is 2. The second-order valence-corrected chi connectivity index (χ2v) is 8.19. The molecule has 1 N–H and O–H groups in total. The zero-order valence-corrected chi connectivity index (χ0v) is 18.9. The van der Waals surface area contributed by atoms with Gasteiger partial charge in [-0.05, 0) is 43.5 Å². The van der Waals surface area contributed by atoms with E-state index in [0.717, 1.165) is 12.0 Å². The number of carbonyl (C=O) groups excluding carboxylic acids is 2. The number of amides is 2. The molecule has 3 aromatic rings. The molecule has 0 radical (unpaired) electrons. The molecule has 8 heteroatoms. The number of benzene rings is 2. The van der Waals surface area contributed by atoms with Crippen LogP contribution in [0.4, 0.5) is 5.69 Å². The van der Waals surface area contributed by atoms with Crippen molar-refractivity contribution in [2.24, 2.45) is 0 Å². The summed E-state index contributed by atoms with van der Waals surface area (Å²) in [5.41, 5.74) is 2.20. The third kappa shape index (κ3) is 4.74. The minimum absolute atomic E-state index is 0.111. The smallest absolute Gasteiger partial charge is 0.262 e. The van der Waals surface area contributed by atoms with E-state index in [1.165, 1.54) is 0 Å². The van der Waals surface area contributed by atoms with E-state index in [0.29, 0.717) is 41.9 Å². The largest absolute Gasteiger partial charge is 0.477 e. The van der Waals surface area contributed by atoms with Crippen LogP contribution in [0.3, 0.4) is 0 Å². The van der Waals surface area contributed by atoms with Crippen LogP contribution in [0.1, 0.15) is 31.7 Å². The number of hydrogen-bond acceptors (Lipinski definition) is 5. The predicted molar refractivity (Wildman–Crippen MR) is 126 cm³/mol. The molecule has 2 aromatic carbocycles. The average Bonchev–Trinajstić information content (AvgIpc) is 2.83. The monoisotopic (exact) mass is 448 g/mol. The van der Waals surface area contributed by atoms with Gasteiger partial charge in [0, 0.05) is 19.5 Å². The molecular weight excluding hydrogens is 420 g/mol. The fourth-order valence-electron chi connectivity index (χ4n) is 4.00. The lowest BCUT2D eigenvalue weighted by atomic mass is 10.1. The maximum absolute atomic E-state index is 13.1. The number of nitrogens with zero attached hydrogens (tertiary/aromatic N) is 3. The van der Waals surface area contributed by atoms with Crippen LogP contribution in [-0.2, 0) is 16.1 Å². The van der Waals surface area contributed by atoms with E-state index in [1.54, 1.807) is 27.9 Å². The van der Waals surface area contributed by atoms with E-state index >= 15 is 0 Å². The van der Waals surface area contributed by atoms with E-state index in [4.69, 9.17) is 4.74 Å². The Hall–Kier alpha value is -3.68. The molecule has 0 spiro atoms. The summed E-state index contributed by atoms with van der Waals surface area (Å²) < 4.78 is 7.40. The van der Waals surface area contributed by atoms with Crippen molar-refractivity contribution in [3.8, 4) is 5.75 Å². The Balaban J connectivity index is 1.45. The zero-order chi connectivity index (χ0) is 23.4. The molecule has 1 aliphatic rings. The molecule has 0 bridgehead atoms. The normalized spacial score (nSPS) is 15.1. The molecule has 2 heterocycles. The summed E-state index contributed by atoms with van der Waals surface area (Å²) in [6, 6.07) is 12.8. The van der Waals surface area contributed by atoms with Gasteiger partial charge in [-0.15, -0.1) is 0 Å². The minimum atomic E-state index is -0.758. The van der Waals surface area contributed by atoms with Crippen LogP contribution >= 0.6 is 0 Å². The Morgan fingerprint density at radius 2 is 2.00 bits per heavy atom. The summed E-state index contributed by atoms with van der Waals surface area (Å²) in [7, 11) is 0. The third-order valence-electron chi connectivity index (χ3n) is 5.76. The lowest BCUT2D eigenvalue weighted by Gasteiger charge is -2.34. The highest BCUT2D eigenvalue weighted by atomic mass is 16.5. The molecule has 0 saturated carbocycles. The Labute approximate surface area is 192 Å². The maximum Gasteiger partial charge on any atom is 0.262 e. The van der Waals surface area contributed by atoms with E-state index in [1.807, 2.05) is 44.2 Å². The molecule has 0 saturated heterocycles. The van der Waals surface area contributed by atoms with E-state index in [2.05, 4.69) is 10.3 Å². The van der Waals surface area contributed by atoms with Crippen molar-refractivity contribution in [1.82, 2.24) is 14.9 Å². The second-order valence-electron chi connectivity index (χ2n) is 8.19. The molecule has 1 aromatic heterocycles.